The van der Waals surface area contributed by atoms with Crippen molar-refractivity contribution in [1.82, 2.24) is 20.4 Å². The number of nitrogens with two attached hydrogens (primary N) is 1. The first kappa shape index (κ1) is 13.0. The molecule has 0 amide bonds. The molecule has 4 rings (SSSR count). The van der Waals surface area contributed by atoms with Crippen LogP contribution in [0.25, 0.3) is 5.69 Å². The molecule has 2 aliphatic rings. The van der Waals surface area contributed by atoms with E-state index in [0.717, 1.165) is 23.2 Å². The van der Waals surface area contributed by atoms with Gasteiger partial charge in [0.1, 0.15) is 0 Å². The van der Waals surface area contributed by atoms with E-state index in [0.29, 0.717) is 5.92 Å². The van der Waals surface area contributed by atoms with E-state index in [2.05, 4.69) is 15.7 Å². The molecule has 0 saturated heterocycles. The van der Waals surface area contributed by atoms with Crippen LogP contribution >= 0.6 is 0 Å². The van der Waals surface area contributed by atoms with Gasteiger partial charge in [-0.15, -0.1) is 5.10 Å². The number of nitrogens with zero attached hydrogens (tertiary/aromatic N) is 3. The van der Waals surface area contributed by atoms with Crippen LogP contribution in [0, 0.1) is 17.8 Å². The van der Waals surface area contributed by atoms with Gasteiger partial charge in [0.05, 0.1) is 23.6 Å². The zero-order valence-corrected chi connectivity index (χ0v) is 12.0. The summed E-state index contributed by atoms with van der Waals surface area (Å²) in [6, 6.07) is 10.3. The van der Waals surface area contributed by atoms with Gasteiger partial charge in [-0.3, -0.25) is 11.3 Å². The van der Waals surface area contributed by atoms with Crippen LogP contribution in [-0.4, -0.2) is 15.0 Å². The molecular formula is C16H21N5. The minimum atomic E-state index is 0.135. The van der Waals surface area contributed by atoms with E-state index >= 15 is 0 Å². The van der Waals surface area contributed by atoms with E-state index in [9.17, 15) is 0 Å². The van der Waals surface area contributed by atoms with Crippen molar-refractivity contribution in [2.24, 2.45) is 23.6 Å². The molecule has 21 heavy (non-hydrogen) atoms. The van der Waals surface area contributed by atoms with Gasteiger partial charge in [-0.25, -0.2) is 4.68 Å². The Balaban J connectivity index is 1.68. The first-order valence-corrected chi connectivity index (χ1v) is 7.79. The second-order valence-electron chi connectivity index (χ2n) is 6.39. The summed E-state index contributed by atoms with van der Waals surface area (Å²) in [7, 11) is 0. The quantitative estimate of drug-likeness (QED) is 0.667. The molecule has 0 radical (unpaired) electrons. The molecule has 5 heteroatoms. The second kappa shape index (κ2) is 5.24. The van der Waals surface area contributed by atoms with E-state index in [1.54, 1.807) is 0 Å². The zero-order chi connectivity index (χ0) is 14.2. The highest BCUT2D eigenvalue weighted by molar-refractivity contribution is 5.32. The van der Waals surface area contributed by atoms with E-state index < -0.39 is 0 Å². The smallest absolute Gasteiger partial charge is 0.0831 e. The first-order valence-electron chi connectivity index (χ1n) is 7.79. The predicted molar refractivity (Wildman–Crippen MR) is 80.4 cm³/mol. The minimum absolute atomic E-state index is 0.135. The Morgan fingerprint density at radius 3 is 2.71 bits per heavy atom. The number of aromatic nitrogens is 3. The molecule has 110 valence electrons. The molecule has 4 unspecified atom stereocenters. The normalized spacial score (nSPS) is 28.9. The summed E-state index contributed by atoms with van der Waals surface area (Å²) >= 11 is 0. The lowest BCUT2D eigenvalue weighted by Gasteiger charge is -2.30. The van der Waals surface area contributed by atoms with Gasteiger partial charge < -0.3 is 0 Å². The van der Waals surface area contributed by atoms with Gasteiger partial charge in [0.15, 0.2) is 0 Å². The number of rotatable bonds is 4. The highest BCUT2D eigenvalue weighted by Gasteiger charge is 2.44. The average molecular weight is 283 g/mol. The third-order valence-corrected chi connectivity index (χ3v) is 5.30. The van der Waals surface area contributed by atoms with Gasteiger partial charge >= 0.3 is 0 Å². The van der Waals surface area contributed by atoms with Crippen LogP contribution in [0.2, 0.25) is 0 Å². The van der Waals surface area contributed by atoms with Gasteiger partial charge in [-0.1, -0.05) is 29.8 Å². The highest BCUT2D eigenvalue weighted by atomic mass is 15.4. The number of hydrazine groups is 1. The van der Waals surface area contributed by atoms with Crippen molar-refractivity contribution < 1.29 is 0 Å². The number of benzene rings is 1. The summed E-state index contributed by atoms with van der Waals surface area (Å²) in [6.45, 7) is 0. The topological polar surface area (TPSA) is 68.8 Å². The van der Waals surface area contributed by atoms with Gasteiger partial charge in [0, 0.05) is 0 Å². The Hall–Kier alpha value is -1.72. The van der Waals surface area contributed by atoms with Crippen molar-refractivity contribution in [3.63, 3.8) is 0 Å². The Morgan fingerprint density at radius 1 is 1.19 bits per heavy atom. The molecule has 2 aromatic rings. The van der Waals surface area contributed by atoms with E-state index in [-0.39, 0.29) is 6.04 Å². The lowest BCUT2D eigenvalue weighted by molar-refractivity contribution is 0.246. The number of fused-ring (bicyclic) bond motifs is 2. The maximum absolute atomic E-state index is 5.90. The van der Waals surface area contributed by atoms with Gasteiger partial charge in [-0.05, 0) is 49.1 Å². The van der Waals surface area contributed by atoms with Crippen LogP contribution in [0.15, 0.2) is 36.5 Å². The number of nitrogens with one attached hydrogen (secondary N) is 1. The largest absolute Gasteiger partial charge is 0.271 e. The molecule has 5 nitrogen and oxygen atoms in total. The van der Waals surface area contributed by atoms with Gasteiger partial charge in [0.2, 0.25) is 0 Å². The molecule has 1 aromatic carbocycles. The van der Waals surface area contributed by atoms with Crippen LogP contribution < -0.4 is 11.3 Å². The first-order chi connectivity index (χ1) is 10.4. The summed E-state index contributed by atoms with van der Waals surface area (Å²) in [5.74, 6) is 8.21. The van der Waals surface area contributed by atoms with Crippen LogP contribution in [0.4, 0.5) is 0 Å². The molecule has 0 aliphatic heterocycles. The summed E-state index contributed by atoms with van der Waals surface area (Å²) in [5.41, 5.74) is 5.15. The maximum Gasteiger partial charge on any atom is 0.0831 e. The Morgan fingerprint density at radius 2 is 2.05 bits per heavy atom. The third kappa shape index (κ3) is 2.17. The lowest BCUT2D eigenvalue weighted by Crippen LogP contribution is -2.37. The van der Waals surface area contributed by atoms with Crippen molar-refractivity contribution in [1.29, 1.82) is 0 Å². The van der Waals surface area contributed by atoms with Crippen molar-refractivity contribution in [2.75, 3.05) is 0 Å². The molecule has 0 spiro atoms. The summed E-state index contributed by atoms with van der Waals surface area (Å²) in [6.07, 6.45) is 7.24. The molecule has 2 aliphatic carbocycles. The third-order valence-electron chi connectivity index (χ3n) is 5.30. The fraction of sp³-hybridized carbons (Fsp3) is 0.500. The van der Waals surface area contributed by atoms with Crippen molar-refractivity contribution >= 4 is 0 Å². The molecule has 3 N–H and O–H groups in total. The van der Waals surface area contributed by atoms with Crippen LogP contribution in [0.3, 0.4) is 0 Å². The van der Waals surface area contributed by atoms with Crippen molar-refractivity contribution in [2.45, 2.75) is 31.7 Å². The van der Waals surface area contributed by atoms with E-state index in [1.165, 1.54) is 25.7 Å². The fourth-order valence-electron chi connectivity index (χ4n) is 4.36. The predicted octanol–water partition coefficient (Wildman–Crippen LogP) is 2.21. The summed E-state index contributed by atoms with van der Waals surface area (Å²) in [4.78, 5) is 0. The number of para-hydroxylation sites is 1. The van der Waals surface area contributed by atoms with Crippen molar-refractivity contribution in [3.05, 3.63) is 42.2 Å². The summed E-state index contributed by atoms with van der Waals surface area (Å²) < 4.78 is 1.91. The average Bonchev–Trinajstić information content (AvgIpc) is 3.25. The molecule has 2 saturated carbocycles. The summed E-state index contributed by atoms with van der Waals surface area (Å²) in [5, 5.41) is 8.38. The molecule has 1 heterocycles. The van der Waals surface area contributed by atoms with E-state index in [4.69, 9.17) is 5.84 Å². The van der Waals surface area contributed by atoms with Crippen LogP contribution in [0.5, 0.6) is 0 Å². The van der Waals surface area contributed by atoms with Gasteiger partial charge in [-0.2, -0.15) is 0 Å². The lowest BCUT2D eigenvalue weighted by atomic mass is 9.82. The second-order valence-corrected chi connectivity index (χ2v) is 6.39. The van der Waals surface area contributed by atoms with Gasteiger partial charge in [0.25, 0.3) is 0 Å². The molecule has 2 bridgehead atoms. The Labute approximate surface area is 124 Å². The fourth-order valence-corrected chi connectivity index (χ4v) is 4.36. The molecule has 4 atom stereocenters. The number of hydrogen-bond donors (Lipinski definition) is 2. The standard InChI is InChI=1S/C16H21N5/c17-19-16(14-9-11-6-7-12(14)8-11)15-10-18-20-21(15)13-4-2-1-3-5-13/h1-5,10-12,14,16,19H,6-9,17H2. The Bertz CT molecular complexity index is 608. The van der Waals surface area contributed by atoms with E-state index in [1.807, 2.05) is 41.2 Å². The SMILES string of the molecule is NNC(c1cnnn1-c1ccccc1)C1CC2CCC1C2. The number of hydrogen-bond acceptors (Lipinski definition) is 4. The molecule has 2 fully saturated rings. The zero-order valence-electron chi connectivity index (χ0n) is 12.0. The minimum Gasteiger partial charge on any atom is -0.271 e. The maximum atomic E-state index is 5.90. The monoisotopic (exact) mass is 283 g/mol. The highest BCUT2D eigenvalue weighted by Crippen LogP contribution is 2.52. The van der Waals surface area contributed by atoms with Crippen molar-refractivity contribution in [3.8, 4) is 5.69 Å². The van der Waals surface area contributed by atoms with Crippen LogP contribution in [-0.2, 0) is 0 Å². The molecular weight excluding hydrogens is 262 g/mol. The molecule has 1 aromatic heterocycles. The Kier molecular flexibility index (Phi) is 3.24. The van der Waals surface area contributed by atoms with Crippen LogP contribution in [0.1, 0.15) is 37.4 Å².